The Morgan fingerprint density at radius 2 is 1.69 bits per heavy atom. The van der Waals surface area contributed by atoms with Crippen molar-refractivity contribution < 1.29 is 9.59 Å². The first-order valence-corrected chi connectivity index (χ1v) is 8.91. The zero-order valence-corrected chi connectivity index (χ0v) is 14.8. The van der Waals surface area contributed by atoms with Gasteiger partial charge in [-0.15, -0.1) is 0 Å². The molecule has 0 aliphatic carbocycles. The lowest BCUT2D eigenvalue weighted by molar-refractivity contribution is -0.134. The lowest BCUT2D eigenvalue weighted by atomic mass is 10.1. The van der Waals surface area contributed by atoms with Gasteiger partial charge in [-0.2, -0.15) is 0 Å². The Morgan fingerprint density at radius 3 is 2.38 bits per heavy atom. The molecule has 0 spiro atoms. The molecular formula is C20H24N4O2. The molecule has 0 unspecified atom stereocenters. The standard InChI is InChI=1S/C20H24N4O2/c25-19(14-17-6-2-1-3-7-17)22-15-20(26)24-12-10-23(11-13-24)16-18-8-4-5-9-21-18/h1-9H,10-16H2,(H,22,25). The molecule has 0 bridgehead atoms. The van der Waals surface area contributed by atoms with Gasteiger partial charge in [-0.25, -0.2) is 0 Å². The molecule has 1 fully saturated rings. The molecule has 1 aliphatic rings. The van der Waals surface area contributed by atoms with Gasteiger partial charge in [0.2, 0.25) is 11.8 Å². The third-order valence-corrected chi connectivity index (χ3v) is 4.48. The first kappa shape index (κ1) is 18.1. The molecule has 6 heteroatoms. The second kappa shape index (κ2) is 9.10. The molecular weight excluding hydrogens is 328 g/mol. The van der Waals surface area contributed by atoms with E-state index in [0.717, 1.165) is 30.9 Å². The van der Waals surface area contributed by atoms with Gasteiger partial charge in [-0.3, -0.25) is 19.5 Å². The van der Waals surface area contributed by atoms with Crippen molar-refractivity contribution in [2.75, 3.05) is 32.7 Å². The number of hydrogen-bond donors (Lipinski definition) is 1. The molecule has 1 saturated heterocycles. The van der Waals surface area contributed by atoms with Crippen LogP contribution in [0.1, 0.15) is 11.3 Å². The molecule has 6 nitrogen and oxygen atoms in total. The number of carbonyl (C=O) groups is 2. The molecule has 0 radical (unpaired) electrons. The summed E-state index contributed by atoms with van der Waals surface area (Å²) >= 11 is 0. The van der Waals surface area contributed by atoms with Crippen LogP contribution in [0.15, 0.2) is 54.7 Å². The summed E-state index contributed by atoms with van der Waals surface area (Å²) in [6.07, 6.45) is 2.10. The second-order valence-electron chi connectivity index (χ2n) is 6.42. The van der Waals surface area contributed by atoms with E-state index in [1.165, 1.54) is 0 Å². The van der Waals surface area contributed by atoms with Gasteiger partial charge < -0.3 is 10.2 Å². The number of nitrogens with one attached hydrogen (secondary N) is 1. The number of hydrogen-bond acceptors (Lipinski definition) is 4. The van der Waals surface area contributed by atoms with E-state index in [4.69, 9.17) is 0 Å². The largest absolute Gasteiger partial charge is 0.347 e. The molecule has 0 atom stereocenters. The minimum atomic E-state index is -0.127. The highest BCUT2D eigenvalue weighted by Crippen LogP contribution is 2.07. The Bertz CT molecular complexity index is 713. The fourth-order valence-corrected chi connectivity index (χ4v) is 3.01. The zero-order chi connectivity index (χ0) is 18.2. The first-order chi connectivity index (χ1) is 12.7. The average molecular weight is 352 g/mol. The highest BCUT2D eigenvalue weighted by atomic mass is 16.2. The molecule has 2 heterocycles. The normalized spacial score (nSPS) is 14.8. The highest BCUT2D eigenvalue weighted by Gasteiger charge is 2.21. The topological polar surface area (TPSA) is 65.5 Å². The molecule has 0 saturated carbocycles. The van der Waals surface area contributed by atoms with Crippen molar-refractivity contribution in [1.82, 2.24) is 20.1 Å². The van der Waals surface area contributed by atoms with Crippen LogP contribution in [-0.2, 0) is 22.6 Å². The maximum absolute atomic E-state index is 12.3. The van der Waals surface area contributed by atoms with Crippen LogP contribution in [0.25, 0.3) is 0 Å². The van der Waals surface area contributed by atoms with E-state index >= 15 is 0 Å². The van der Waals surface area contributed by atoms with Gasteiger partial charge in [0.1, 0.15) is 0 Å². The molecule has 2 aromatic rings. The van der Waals surface area contributed by atoms with Gasteiger partial charge in [0.05, 0.1) is 18.7 Å². The fraction of sp³-hybridized carbons (Fsp3) is 0.350. The molecule has 26 heavy (non-hydrogen) atoms. The summed E-state index contributed by atoms with van der Waals surface area (Å²) in [6, 6.07) is 15.4. The van der Waals surface area contributed by atoms with Gasteiger partial charge >= 0.3 is 0 Å². The Kier molecular flexibility index (Phi) is 6.33. The van der Waals surface area contributed by atoms with Gasteiger partial charge in [0.25, 0.3) is 0 Å². The Balaban J connectivity index is 1.37. The SMILES string of the molecule is O=C(Cc1ccccc1)NCC(=O)N1CCN(Cc2ccccn2)CC1. The number of piperazine rings is 1. The molecule has 3 rings (SSSR count). The van der Waals surface area contributed by atoms with Crippen molar-refractivity contribution in [1.29, 1.82) is 0 Å². The molecule has 136 valence electrons. The van der Waals surface area contributed by atoms with E-state index in [0.29, 0.717) is 19.5 Å². The minimum Gasteiger partial charge on any atom is -0.347 e. The monoisotopic (exact) mass is 352 g/mol. The number of aromatic nitrogens is 1. The fourth-order valence-electron chi connectivity index (χ4n) is 3.01. The number of benzene rings is 1. The van der Waals surface area contributed by atoms with Crippen LogP contribution in [0.3, 0.4) is 0 Å². The number of pyridine rings is 1. The summed E-state index contributed by atoms with van der Waals surface area (Å²) in [5.41, 5.74) is 1.99. The number of carbonyl (C=O) groups excluding carboxylic acids is 2. The van der Waals surface area contributed by atoms with Crippen molar-refractivity contribution in [2.45, 2.75) is 13.0 Å². The van der Waals surface area contributed by atoms with E-state index in [1.807, 2.05) is 53.4 Å². The van der Waals surface area contributed by atoms with Gasteiger partial charge in [-0.05, 0) is 17.7 Å². The summed E-state index contributed by atoms with van der Waals surface area (Å²) in [5, 5.41) is 2.73. The van der Waals surface area contributed by atoms with Crippen LogP contribution in [-0.4, -0.2) is 59.3 Å². The van der Waals surface area contributed by atoms with Crippen molar-refractivity contribution >= 4 is 11.8 Å². The smallest absolute Gasteiger partial charge is 0.242 e. The van der Waals surface area contributed by atoms with Crippen molar-refractivity contribution in [3.8, 4) is 0 Å². The van der Waals surface area contributed by atoms with Crippen LogP contribution in [0.2, 0.25) is 0 Å². The van der Waals surface area contributed by atoms with Crippen LogP contribution in [0, 0.1) is 0 Å². The molecule has 1 N–H and O–H groups in total. The summed E-state index contributed by atoms with van der Waals surface area (Å²) < 4.78 is 0. The summed E-state index contributed by atoms with van der Waals surface area (Å²) in [7, 11) is 0. The van der Waals surface area contributed by atoms with E-state index in [9.17, 15) is 9.59 Å². The second-order valence-corrected chi connectivity index (χ2v) is 6.42. The average Bonchev–Trinajstić information content (AvgIpc) is 2.68. The van der Waals surface area contributed by atoms with Crippen molar-refractivity contribution in [2.24, 2.45) is 0 Å². The molecule has 1 aromatic heterocycles. The van der Waals surface area contributed by atoms with Gasteiger partial charge in [0, 0.05) is 38.9 Å². The third-order valence-electron chi connectivity index (χ3n) is 4.48. The Labute approximate surface area is 153 Å². The zero-order valence-electron chi connectivity index (χ0n) is 14.8. The van der Waals surface area contributed by atoms with Crippen LogP contribution in [0.5, 0.6) is 0 Å². The van der Waals surface area contributed by atoms with Gasteiger partial charge in [0.15, 0.2) is 0 Å². The molecule has 1 aromatic carbocycles. The van der Waals surface area contributed by atoms with Crippen LogP contribution >= 0.6 is 0 Å². The number of rotatable bonds is 6. The lowest BCUT2D eigenvalue weighted by Crippen LogP contribution is -2.51. The minimum absolute atomic E-state index is 0.0242. The lowest BCUT2D eigenvalue weighted by Gasteiger charge is -2.34. The van der Waals surface area contributed by atoms with E-state index in [1.54, 1.807) is 6.20 Å². The molecule has 2 amide bonds. The van der Waals surface area contributed by atoms with Crippen LogP contribution < -0.4 is 5.32 Å². The van der Waals surface area contributed by atoms with Crippen molar-refractivity contribution in [3.63, 3.8) is 0 Å². The van der Waals surface area contributed by atoms with E-state index in [-0.39, 0.29) is 18.4 Å². The Morgan fingerprint density at radius 1 is 0.962 bits per heavy atom. The summed E-state index contributed by atoms with van der Waals surface area (Å²) in [6.45, 7) is 3.86. The number of amides is 2. The molecule has 1 aliphatic heterocycles. The van der Waals surface area contributed by atoms with E-state index in [2.05, 4.69) is 15.2 Å². The maximum atomic E-state index is 12.3. The van der Waals surface area contributed by atoms with E-state index < -0.39 is 0 Å². The van der Waals surface area contributed by atoms with Gasteiger partial charge in [-0.1, -0.05) is 36.4 Å². The van der Waals surface area contributed by atoms with Crippen molar-refractivity contribution in [3.05, 3.63) is 66.0 Å². The maximum Gasteiger partial charge on any atom is 0.242 e. The first-order valence-electron chi connectivity index (χ1n) is 8.91. The quantitative estimate of drug-likeness (QED) is 0.845. The highest BCUT2D eigenvalue weighted by molar-refractivity contribution is 5.85. The Hall–Kier alpha value is -2.73. The predicted octanol–water partition coefficient (Wildman–Crippen LogP) is 1.08. The third kappa shape index (κ3) is 5.39. The van der Waals surface area contributed by atoms with Crippen LogP contribution in [0.4, 0.5) is 0 Å². The predicted molar refractivity (Wildman–Crippen MR) is 99.2 cm³/mol. The summed E-state index contributed by atoms with van der Waals surface area (Å²) in [4.78, 5) is 32.7. The number of nitrogens with zero attached hydrogens (tertiary/aromatic N) is 3. The summed E-state index contributed by atoms with van der Waals surface area (Å²) in [5.74, 6) is -0.151.